The molecule has 3 heteroatoms. The fourth-order valence-electron chi connectivity index (χ4n) is 1.21. The van der Waals surface area contributed by atoms with E-state index in [1.807, 2.05) is 11.6 Å². The number of unbranched alkanes of at least 4 members (excludes halogenated alkanes) is 1. The third-order valence-electron chi connectivity index (χ3n) is 2.09. The summed E-state index contributed by atoms with van der Waals surface area (Å²) in [5.74, 6) is 6.08. The Hall–Kier alpha value is -1.27. The highest BCUT2D eigenvalue weighted by atomic mass is 16.2. The zero-order valence-corrected chi connectivity index (χ0v) is 8.75. The number of rotatable bonds is 3. The first-order chi connectivity index (χ1) is 6.79. The molecule has 14 heavy (non-hydrogen) atoms. The van der Waals surface area contributed by atoms with Crippen LogP contribution in [-0.4, -0.2) is 21.5 Å². The van der Waals surface area contributed by atoms with Gasteiger partial charge in [-0.25, -0.2) is 0 Å². The lowest BCUT2D eigenvalue weighted by Crippen LogP contribution is -1.98. The highest BCUT2D eigenvalue weighted by Crippen LogP contribution is 2.04. The summed E-state index contributed by atoms with van der Waals surface area (Å²) in [7, 11) is 0. The van der Waals surface area contributed by atoms with Gasteiger partial charge in [0.15, 0.2) is 0 Å². The molecule has 0 aliphatic carbocycles. The topological polar surface area (TPSA) is 38.0 Å². The van der Waals surface area contributed by atoms with Crippen molar-refractivity contribution in [1.82, 2.24) is 9.78 Å². The molecule has 0 saturated heterocycles. The fourth-order valence-corrected chi connectivity index (χ4v) is 1.21. The monoisotopic (exact) mass is 192 g/mol. The van der Waals surface area contributed by atoms with Crippen LogP contribution < -0.4 is 0 Å². The summed E-state index contributed by atoms with van der Waals surface area (Å²) in [4.78, 5) is 0. The summed E-state index contributed by atoms with van der Waals surface area (Å²) in [6.07, 6.45) is 3.28. The minimum Gasteiger partial charge on any atom is -0.396 e. The summed E-state index contributed by atoms with van der Waals surface area (Å²) in [5.41, 5.74) is 2.11. The molecule has 0 bridgehead atoms. The third kappa shape index (κ3) is 2.61. The van der Waals surface area contributed by atoms with Crippen molar-refractivity contribution >= 4 is 0 Å². The number of nitrogens with zero attached hydrogens (tertiary/aromatic N) is 2. The van der Waals surface area contributed by atoms with Gasteiger partial charge in [-0.15, -0.1) is 0 Å². The van der Waals surface area contributed by atoms with Crippen LogP contribution in [0.2, 0.25) is 0 Å². The van der Waals surface area contributed by atoms with Crippen LogP contribution in [0.4, 0.5) is 0 Å². The summed E-state index contributed by atoms with van der Waals surface area (Å²) >= 11 is 0. The number of aryl methyl sites for hydroxylation is 1. The van der Waals surface area contributed by atoms with Crippen molar-refractivity contribution in [2.45, 2.75) is 33.2 Å². The predicted octanol–water partition coefficient (Wildman–Crippen LogP) is 1.34. The molecular formula is C11H16N2O. The van der Waals surface area contributed by atoms with Gasteiger partial charge in [-0.2, -0.15) is 5.10 Å². The highest BCUT2D eigenvalue weighted by Gasteiger charge is 2.00. The molecule has 1 N–H and O–H groups in total. The van der Waals surface area contributed by atoms with E-state index in [9.17, 15) is 0 Å². The van der Waals surface area contributed by atoms with E-state index in [0.717, 1.165) is 30.6 Å². The molecule has 0 radical (unpaired) electrons. The van der Waals surface area contributed by atoms with E-state index in [1.165, 1.54) is 0 Å². The van der Waals surface area contributed by atoms with E-state index in [0.29, 0.717) is 0 Å². The molecule has 0 saturated carbocycles. The summed E-state index contributed by atoms with van der Waals surface area (Å²) < 4.78 is 1.93. The zero-order chi connectivity index (χ0) is 10.4. The molecule has 0 aliphatic heterocycles. The molecule has 0 spiro atoms. The van der Waals surface area contributed by atoms with Crippen LogP contribution in [-0.2, 0) is 6.54 Å². The summed E-state index contributed by atoms with van der Waals surface area (Å²) in [5, 5.41) is 12.8. The lowest BCUT2D eigenvalue weighted by atomic mass is 10.2. The average molecular weight is 192 g/mol. The van der Waals surface area contributed by atoms with Crippen molar-refractivity contribution in [2.24, 2.45) is 0 Å². The molecule has 1 rings (SSSR count). The van der Waals surface area contributed by atoms with Gasteiger partial charge in [0.25, 0.3) is 0 Å². The maximum atomic E-state index is 8.58. The Morgan fingerprint density at radius 2 is 2.36 bits per heavy atom. The maximum Gasteiger partial charge on any atom is 0.0654 e. The molecule has 0 unspecified atom stereocenters. The van der Waals surface area contributed by atoms with Gasteiger partial charge in [0, 0.05) is 19.6 Å². The van der Waals surface area contributed by atoms with E-state index in [1.54, 1.807) is 6.20 Å². The van der Waals surface area contributed by atoms with Crippen LogP contribution in [0.5, 0.6) is 0 Å². The first-order valence-corrected chi connectivity index (χ1v) is 4.91. The molecular weight excluding hydrogens is 176 g/mol. The van der Waals surface area contributed by atoms with E-state index < -0.39 is 0 Å². The van der Waals surface area contributed by atoms with Crippen molar-refractivity contribution in [3.8, 4) is 11.8 Å². The normalized spacial score (nSPS) is 9.64. The average Bonchev–Trinajstić information content (AvgIpc) is 2.55. The Bertz CT molecular complexity index is 344. The summed E-state index contributed by atoms with van der Waals surface area (Å²) in [6.45, 7) is 5.17. The van der Waals surface area contributed by atoms with Crippen LogP contribution in [0.25, 0.3) is 0 Å². The van der Waals surface area contributed by atoms with Gasteiger partial charge in [-0.3, -0.25) is 4.68 Å². The van der Waals surface area contributed by atoms with Crippen molar-refractivity contribution in [1.29, 1.82) is 0 Å². The molecule has 0 atom stereocenters. The third-order valence-corrected chi connectivity index (χ3v) is 2.09. The van der Waals surface area contributed by atoms with Gasteiger partial charge in [-0.05, 0) is 20.3 Å². The Balaban J connectivity index is 2.65. The lowest BCUT2D eigenvalue weighted by Gasteiger charge is -1.97. The standard InChI is InChI=1S/C11H16N2O/c1-3-13-10(2)11(9-12-13)7-5-4-6-8-14/h9,14H,3-4,6,8H2,1-2H3. The Kier molecular flexibility index (Phi) is 4.21. The second-order valence-corrected chi connectivity index (χ2v) is 3.09. The molecule has 1 heterocycles. The van der Waals surface area contributed by atoms with Gasteiger partial charge in [0.2, 0.25) is 0 Å². The van der Waals surface area contributed by atoms with Gasteiger partial charge in [-0.1, -0.05) is 11.8 Å². The van der Waals surface area contributed by atoms with E-state index >= 15 is 0 Å². The molecule has 76 valence electrons. The molecule has 1 aromatic rings. The van der Waals surface area contributed by atoms with Gasteiger partial charge < -0.3 is 5.11 Å². The van der Waals surface area contributed by atoms with Gasteiger partial charge in [0.1, 0.15) is 0 Å². The Morgan fingerprint density at radius 3 is 2.93 bits per heavy atom. The predicted molar refractivity (Wildman–Crippen MR) is 55.8 cm³/mol. The van der Waals surface area contributed by atoms with Crippen LogP contribution in [0.15, 0.2) is 6.20 Å². The summed E-state index contributed by atoms with van der Waals surface area (Å²) in [6, 6.07) is 0. The van der Waals surface area contributed by atoms with Gasteiger partial charge in [0.05, 0.1) is 17.5 Å². The lowest BCUT2D eigenvalue weighted by molar-refractivity contribution is 0.290. The molecule has 3 nitrogen and oxygen atoms in total. The van der Waals surface area contributed by atoms with Crippen LogP contribution in [0.3, 0.4) is 0 Å². The van der Waals surface area contributed by atoms with E-state index in [4.69, 9.17) is 5.11 Å². The van der Waals surface area contributed by atoms with E-state index in [-0.39, 0.29) is 6.61 Å². The Labute approximate surface area is 84.8 Å². The fraction of sp³-hybridized carbons (Fsp3) is 0.545. The van der Waals surface area contributed by atoms with Crippen LogP contribution in [0.1, 0.15) is 31.0 Å². The van der Waals surface area contributed by atoms with Crippen LogP contribution in [0, 0.1) is 18.8 Å². The molecule has 0 amide bonds. The van der Waals surface area contributed by atoms with Crippen molar-refractivity contribution in [2.75, 3.05) is 6.61 Å². The first kappa shape index (κ1) is 10.8. The van der Waals surface area contributed by atoms with Gasteiger partial charge >= 0.3 is 0 Å². The number of aliphatic hydroxyl groups excluding tert-OH is 1. The molecule has 0 aromatic carbocycles. The number of hydrogen-bond donors (Lipinski definition) is 1. The SMILES string of the molecule is CCn1ncc(C#CCCCO)c1C. The second kappa shape index (κ2) is 5.46. The Morgan fingerprint density at radius 1 is 1.57 bits per heavy atom. The van der Waals surface area contributed by atoms with Crippen molar-refractivity contribution in [3.05, 3.63) is 17.5 Å². The van der Waals surface area contributed by atoms with E-state index in [2.05, 4.69) is 23.9 Å². The first-order valence-electron chi connectivity index (χ1n) is 4.91. The zero-order valence-electron chi connectivity index (χ0n) is 8.75. The molecule has 0 aliphatic rings. The number of aliphatic hydroxyl groups is 1. The molecule has 1 aromatic heterocycles. The molecule has 0 fully saturated rings. The quantitative estimate of drug-likeness (QED) is 0.579. The van der Waals surface area contributed by atoms with Crippen molar-refractivity contribution in [3.63, 3.8) is 0 Å². The smallest absolute Gasteiger partial charge is 0.0654 e. The minimum atomic E-state index is 0.210. The minimum absolute atomic E-state index is 0.210. The highest BCUT2D eigenvalue weighted by molar-refractivity contribution is 5.35. The largest absolute Gasteiger partial charge is 0.396 e. The second-order valence-electron chi connectivity index (χ2n) is 3.09. The number of hydrogen-bond acceptors (Lipinski definition) is 2. The van der Waals surface area contributed by atoms with Crippen molar-refractivity contribution < 1.29 is 5.11 Å². The number of aromatic nitrogens is 2. The van der Waals surface area contributed by atoms with Crippen LogP contribution >= 0.6 is 0 Å². The maximum absolute atomic E-state index is 8.58.